The molecule has 0 aliphatic rings. The highest BCUT2D eigenvalue weighted by molar-refractivity contribution is 4.77. The highest BCUT2D eigenvalue weighted by atomic mass is 15.0. The molecule has 0 aliphatic heterocycles. The third-order valence-corrected chi connectivity index (χ3v) is 0.587. The van der Waals surface area contributed by atoms with Gasteiger partial charge in [0.15, 0.2) is 0 Å². The molecule has 2 heteroatoms. The van der Waals surface area contributed by atoms with Crippen molar-refractivity contribution < 1.29 is 0 Å². The summed E-state index contributed by atoms with van der Waals surface area (Å²) in [5, 5.41) is 2.77. The van der Waals surface area contributed by atoms with Crippen molar-refractivity contribution in [2.45, 2.75) is 6.17 Å². The van der Waals surface area contributed by atoms with Crippen molar-refractivity contribution in [1.82, 2.24) is 5.32 Å². The zero-order chi connectivity index (χ0) is 4.99. The lowest BCUT2D eigenvalue weighted by Gasteiger charge is -1.98. The molecule has 0 heterocycles. The molecule has 2 nitrogen and oxygen atoms in total. The average molecular weight is 86.1 g/mol. The van der Waals surface area contributed by atoms with Crippen LogP contribution in [-0.2, 0) is 0 Å². The normalized spacial score (nSPS) is 13.7. The summed E-state index contributed by atoms with van der Waals surface area (Å²) in [4.78, 5) is 0. The molecule has 36 valence electrons. The van der Waals surface area contributed by atoms with Gasteiger partial charge in [-0.3, -0.25) is 0 Å². The van der Waals surface area contributed by atoms with E-state index in [4.69, 9.17) is 5.73 Å². The van der Waals surface area contributed by atoms with Gasteiger partial charge in [0.25, 0.3) is 0 Å². The smallest absolute Gasteiger partial charge is 0.0733 e. The monoisotopic (exact) mass is 86.1 g/mol. The third kappa shape index (κ3) is 1.93. The first-order valence-electron chi connectivity index (χ1n) is 1.86. The van der Waals surface area contributed by atoms with Crippen LogP contribution in [0.3, 0.4) is 0 Å². The van der Waals surface area contributed by atoms with E-state index in [1.807, 2.05) is 0 Å². The summed E-state index contributed by atoms with van der Waals surface area (Å²) >= 11 is 0. The van der Waals surface area contributed by atoms with Crippen molar-refractivity contribution in [2.75, 3.05) is 7.05 Å². The van der Waals surface area contributed by atoms with Gasteiger partial charge < -0.3 is 11.1 Å². The number of likely N-dealkylation sites (N-methyl/N-ethyl adjacent to an activating group) is 1. The molecule has 6 heavy (non-hydrogen) atoms. The molecule has 0 amide bonds. The molecule has 0 aromatic heterocycles. The van der Waals surface area contributed by atoms with E-state index in [9.17, 15) is 0 Å². The number of hydrogen-bond donors (Lipinski definition) is 2. The van der Waals surface area contributed by atoms with Crippen molar-refractivity contribution in [3.63, 3.8) is 0 Å². The molecule has 0 saturated heterocycles. The van der Waals surface area contributed by atoms with Crippen LogP contribution in [0.25, 0.3) is 0 Å². The zero-order valence-corrected chi connectivity index (χ0v) is 3.94. The van der Waals surface area contributed by atoms with E-state index in [1.54, 1.807) is 13.1 Å². The predicted octanol–water partition coefficient (Wildman–Crippen LogP) is -0.323. The Kier molecular flexibility index (Phi) is 2.71. The minimum Gasteiger partial charge on any atom is -0.313 e. The third-order valence-electron chi connectivity index (χ3n) is 0.587. The van der Waals surface area contributed by atoms with Crippen molar-refractivity contribution in [3.05, 3.63) is 12.7 Å². The molecule has 0 aromatic carbocycles. The molecule has 0 radical (unpaired) electrons. The molecule has 0 aliphatic carbocycles. The fourth-order valence-electron chi connectivity index (χ4n) is 0.118. The van der Waals surface area contributed by atoms with Crippen LogP contribution < -0.4 is 11.1 Å². The maximum Gasteiger partial charge on any atom is 0.0733 e. The molecular formula is C4H10N2. The summed E-state index contributed by atoms with van der Waals surface area (Å²) in [5.74, 6) is 0. The van der Waals surface area contributed by atoms with E-state index in [-0.39, 0.29) is 6.17 Å². The number of nitrogens with two attached hydrogens (primary N) is 1. The summed E-state index contributed by atoms with van der Waals surface area (Å²) < 4.78 is 0. The van der Waals surface area contributed by atoms with Gasteiger partial charge in [0.05, 0.1) is 6.17 Å². The summed E-state index contributed by atoms with van der Waals surface area (Å²) in [6, 6.07) is 0. The summed E-state index contributed by atoms with van der Waals surface area (Å²) in [6.45, 7) is 3.44. The number of hydrogen-bond acceptors (Lipinski definition) is 2. The largest absolute Gasteiger partial charge is 0.313 e. The van der Waals surface area contributed by atoms with Crippen molar-refractivity contribution >= 4 is 0 Å². The number of rotatable bonds is 2. The van der Waals surface area contributed by atoms with E-state index >= 15 is 0 Å². The van der Waals surface area contributed by atoms with E-state index in [1.165, 1.54) is 0 Å². The molecule has 0 spiro atoms. The lowest BCUT2D eigenvalue weighted by atomic mass is 10.5. The van der Waals surface area contributed by atoms with Gasteiger partial charge in [0.2, 0.25) is 0 Å². The van der Waals surface area contributed by atoms with Gasteiger partial charge in [-0.2, -0.15) is 0 Å². The van der Waals surface area contributed by atoms with Gasteiger partial charge >= 0.3 is 0 Å². The summed E-state index contributed by atoms with van der Waals surface area (Å²) in [7, 11) is 1.78. The van der Waals surface area contributed by atoms with Crippen LogP contribution in [-0.4, -0.2) is 13.2 Å². The molecule has 0 rings (SSSR count). The van der Waals surface area contributed by atoms with Crippen molar-refractivity contribution in [3.8, 4) is 0 Å². The molecule has 0 saturated carbocycles. The van der Waals surface area contributed by atoms with Gasteiger partial charge in [0, 0.05) is 0 Å². The van der Waals surface area contributed by atoms with E-state index in [0.29, 0.717) is 0 Å². The lowest BCUT2D eigenvalue weighted by Crippen LogP contribution is -2.31. The van der Waals surface area contributed by atoms with Crippen LogP contribution in [0.1, 0.15) is 0 Å². The van der Waals surface area contributed by atoms with E-state index < -0.39 is 0 Å². The quantitative estimate of drug-likeness (QED) is 0.357. The Morgan fingerprint density at radius 1 is 2.00 bits per heavy atom. The minimum absolute atomic E-state index is 0.0509. The van der Waals surface area contributed by atoms with Crippen LogP contribution in [0.2, 0.25) is 0 Å². The molecule has 1 atom stereocenters. The van der Waals surface area contributed by atoms with E-state index in [0.717, 1.165) is 0 Å². The van der Waals surface area contributed by atoms with Crippen LogP contribution >= 0.6 is 0 Å². The van der Waals surface area contributed by atoms with Crippen LogP contribution in [0.5, 0.6) is 0 Å². The summed E-state index contributed by atoms with van der Waals surface area (Å²) in [5.41, 5.74) is 5.24. The Hall–Kier alpha value is -0.340. The molecule has 0 fully saturated rings. The summed E-state index contributed by atoms with van der Waals surface area (Å²) in [6.07, 6.45) is 1.59. The first-order valence-corrected chi connectivity index (χ1v) is 1.86. The minimum atomic E-state index is -0.0509. The molecular weight excluding hydrogens is 76.1 g/mol. The van der Waals surface area contributed by atoms with Crippen molar-refractivity contribution in [1.29, 1.82) is 0 Å². The van der Waals surface area contributed by atoms with Gasteiger partial charge in [-0.1, -0.05) is 6.08 Å². The first kappa shape index (κ1) is 5.66. The van der Waals surface area contributed by atoms with Gasteiger partial charge in [0.1, 0.15) is 0 Å². The predicted molar refractivity (Wildman–Crippen MR) is 27.2 cm³/mol. The highest BCUT2D eigenvalue weighted by Crippen LogP contribution is 1.62. The Morgan fingerprint density at radius 3 is 2.50 bits per heavy atom. The second kappa shape index (κ2) is 2.87. The topological polar surface area (TPSA) is 38.0 Å². The standard InChI is InChI=1S/C4H10N2/c1-3-4(5)6-2/h3-4,6H,1,5H2,2H3. The van der Waals surface area contributed by atoms with Crippen molar-refractivity contribution in [2.24, 2.45) is 5.73 Å². The molecule has 0 aromatic rings. The second-order valence-corrected chi connectivity index (χ2v) is 1.05. The van der Waals surface area contributed by atoms with Gasteiger partial charge in [-0.15, -0.1) is 6.58 Å². The fourth-order valence-corrected chi connectivity index (χ4v) is 0.118. The zero-order valence-electron chi connectivity index (χ0n) is 3.94. The average Bonchev–Trinajstić information content (AvgIpc) is 1.65. The van der Waals surface area contributed by atoms with Crippen LogP contribution in [0.4, 0.5) is 0 Å². The fraction of sp³-hybridized carbons (Fsp3) is 0.500. The maximum atomic E-state index is 5.24. The molecule has 3 N–H and O–H groups in total. The van der Waals surface area contributed by atoms with Gasteiger partial charge in [-0.05, 0) is 7.05 Å². The second-order valence-electron chi connectivity index (χ2n) is 1.05. The first-order chi connectivity index (χ1) is 2.81. The van der Waals surface area contributed by atoms with E-state index in [2.05, 4.69) is 11.9 Å². The number of nitrogens with one attached hydrogen (secondary N) is 1. The highest BCUT2D eigenvalue weighted by Gasteiger charge is 1.81. The SMILES string of the molecule is C=CC(N)NC. The lowest BCUT2D eigenvalue weighted by molar-refractivity contribution is 0.700. The van der Waals surface area contributed by atoms with Crippen LogP contribution in [0, 0.1) is 0 Å². The van der Waals surface area contributed by atoms with Crippen LogP contribution in [0.15, 0.2) is 12.7 Å². The Labute approximate surface area is 38.0 Å². The Bertz CT molecular complexity index is 42.8. The Balaban J connectivity index is 2.96. The Morgan fingerprint density at radius 2 is 2.50 bits per heavy atom. The van der Waals surface area contributed by atoms with Gasteiger partial charge in [-0.25, -0.2) is 0 Å². The molecule has 0 bridgehead atoms. The maximum absolute atomic E-state index is 5.24. The molecule has 1 unspecified atom stereocenters.